The van der Waals surface area contributed by atoms with Crippen LogP contribution >= 0.6 is 11.3 Å². The van der Waals surface area contributed by atoms with Gasteiger partial charge in [-0.15, -0.1) is 11.3 Å². The van der Waals surface area contributed by atoms with E-state index in [1.165, 1.54) is 26.1 Å². The zero-order valence-corrected chi connectivity index (χ0v) is 9.90. The molecule has 0 saturated carbocycles. The summed E-state index contributed by atoms with van der Waals surface area (Å²) < 4.78 is 1.35. The molecule has 0 spiro atoms. The van der Waals surface area contributed by atoms with Crippen LogP contribution in [0.3, 0.4) is 0 Å². The number of thiophene rings is 1. The maximum absolute atomic E-state index is 3.87. The molecule has 1 heterocycles. The molecular formula is C14H14S. The molecule has 0 aliphatic heterocycles. The smallest absolute Gasteiger partial charge is 0.0358 e. The number of rotatable bonds is 2. The molecule has 1 aromatic heterocycles. The summed E-state index contributed by atoms with van der Waals surface area (Å²) in [7, 11) is 0. The highest BCUT2D eigenvalue weighted by atomic mass is 32.1. The van der Waals surface area contributed by atoms with Crippen LogP contribution in [-0.2, 0) is 0 Å². The van der Waals surface area contributed by atoms with E-state index >= 15 is 0 Å². The Labute approximate surface area is 94.6 Å². The SMILES string of the molecule is C=Cc1sc2cc(C)ccc2c1/C=C\C. The molecule has 0 aliphatic rings. The minimum absolute atomic E-state index is 1.26. The molecule has 0 amide bonds. The van der Waals surface area contributed by atoms with Crippen molar-refractivity contribution in [3.05, 3.63) is 46.9 Å². The van der Waals surface area contributed by atoms with Gasteiger partial charge in [0.25, 0.3) is 0 Å². The van der Waals surface area contributed by atoms with Gasteiger partial charge in [0, 0.05) is 15.0 Å². The average Bonchev–Trinajstić information content (AvgIpc) is 2.56. The molecule has 15 heavy (non-hydrogen) atoms. The molecule has 2 rings (SSSR count). The molecule has 1 aromatic carbocycles. The van der Waals surface area contributed by atoms with Gasteiger partial charge in [0.15, 0.2) is 0 Å². The second-order valence-electron chi connectivity index (χ2n) is 3.58. The van der Waals surface area contributed by atoms with E-state index in [4.69, 9.17) is 0 Å². The van der Waals surface area contributed by atoms with Crippen molar-refractivity contribution in [3.8, 4) is 0 Å². The molecule has 0 unspecified atom stereocenters. The van der Waals surface area contributed by atoms with Gasteiger partial charge in [-0.2, -0.15) is 0 Å². The molecule has 1 heteroatoms. The Kier molecular flexibility index (Phi) is 2.74. The third kappa shape index (κ3) is 1.75. The summed E-state index contributed by atoms with van der Waals surface area (Å²) in [5, 5.41) is 1.33. The summed E-state index contributed by atoms with van der Waals surface area (Å²) in [6.07, 6.45) is 6.18. The first-order valence-electron chi connectivity index (χ1n) is 5.04. The fraction of sp³-hybridized carbons (Fsp3) is 0.143. The van der Waals surface area contributed by atoms with E-state index in [-0.39, 0.29) is 0 Å². The van der Waals surface area contributed by atoms with E-state index in [1.54, 1.807) is 0 Å². The Bertz CT molecular complexity index is 530. The van der Waals surface area contributed by atoms with Gasteiger partial charge in [-0.25, -0.2) is 0 Å². The third-order valence-corrected chi connectivity index (χ3v) is 3.60. The van der Waals surface area contributed by atoms with E-state index < -0.39 is 0 Å². The van der Waals surface area contributed by atoms with Crippen LogP contribution in [0, 0.1) is 6.92 Å². The van der Waals surface area contributed by atoms with Gasteiger partial charge in [0.05, 0.1) is 0 Å². The van der Waals surface area contributed by atoms with Gasteiger partial charge in [-0.1, -0.05) is 36.9 Å². The number of allylic oxidation sites excluding steroid dienone is 1. The maximum atomic E-state index is 3.87. The summed E-state index contributed by atoms with van der Waals surface area (Å²) in [6.45, 7) is 8.04. The van der Waals surface area contributed by atoms with Crippen molar-refractivity contribution >= 4 is 33.6 Å². The van der Waals surface area contributed by atoms with Gasteiger partial charge in [-0.3, -0.25) is 0 Å². The van der Waals surface area contributed by atoms with Crippen LogP contribution in [-0.4, -0.2) is 0 Å². The highest BCUT2D eigenvalue weighted by Crippen LogP contribution is 2.33. The maximum Gasteiger partial charge on any atom is 0.0358 e. The van der Waals surface area contributed by atoms with Crippen molar-refractivity contribution in [2.75, 3.05) is 0 Å². The van der Waals surface area contributed by atoms with E-state index in [0.717, 1.165) is 0 Å². The lowest BCUT2D eigenvalue weighted by Crippen LogP contribution is -1.73. The fourth-order valence-corrected chi connectivity index (χ4v) is 2.87. The normalized spacial score (nSPS) is 11.3. The Hall–Kier alpha value is -1.34. The molecule has 2 aromatic rings. The second kappa shape index (κ2) is 4.03. The van der Waals surface area contributed by atoms with Crippen LogP contribution in [0.1, 0.15) is 22.9 Å². The van der Waals surface area contributed by atoms with Crippen molar-refractivity contribution in [1.82, 2.24) is 0 Å². The molecule has 0 radical (unpaired) electrons. The molecular weight excluding hydrogens is 200 g/mol. The van der Waals surface area contributed by atoms with Crippen molar-refractivity contribution < 1.29 is 0 Å². The van der Waals surface area contributed by atoms with E-state index in [0.29, 0.717) is 0 Å². The number of fused-ring (bicyclic) bond motifs is 1. The van der Waals surface area contributed by atoms with Crippen molar-refractivity contribution in [2.45, 2.75) is 13.8 Å². The summed E-state index contributed by atoms with van der Waals surface area (Å²) in [4.78, 5) is 1.26. The number of hydrogen-bond donors (Lipinski definition) is 0. The van der Waals surface area contributed by atoms with E-state index in [1.807, 2.05) is 24.3 Å². The van der Waals surface area contributed by atoms with Gasteiger partial charge in [0.1, 0.15) is 0 Å². The molecule has 0 aliphatic carbocycles. The zero-order chi connectivity index (χ0) is 10.8. The monoisotopic (exact) mass is 214 g/mol. The van der Waals surface area contributed by atoms with Crippen LogP contribution in [0.15, 0.2) is 30.9 Å². The molecule has 0 fully saturated rings. The van der Waals surface area contributed by atoms with Crippen LogP contribution in [0.4, 0.5) is 0 Å². The van der Waals surface area contributed by atoms with Crippen LogP contribution in [0.2, 0.25) is 0 Å². The minimum Gasteiger partial charge on any atom is -0.135 e. The quantitative estimate of drug-likeness (QED) is 0.668. The Morgan fingerprint density at radius 1 is 1.33 bits per heavy atom. The number of aryl methyl sites for hydroxylation is 1. The summed E-state index contributed by atoms with van der Waals surface area (Å²) in [6, 6.07) is 6.60. The van der Waals surface area contributed by atoms with Crippen molar-refractivity contribution in [1.29, 1.82) is 0 Å². The first-order chi connectivity index (χ1) is 7.26. The lowest BCUT2D eigenvalue weighted by atomic mass is 10.1. The molecule has 0 nitrogen and oxygen atoms in total. The molecule has 0 N–H and O–H groups in total. The van der Waals surface area contributed by atoms with Crippen LogP contribution < -0.4 is 0 Å². The van der Waals surface area contributed by atoms with Gasteiger partial charge in [-0.05, 0) is 31.0 Å². The van der Waals surface area contributed by atoms with Crippen LogP contribution in [0.5, 0.6) is 0 Å². The largest absolute Gasteiger partial charge is 0.135 e. The zero-order valence-electron chi connectivity index (χ0n) is 9.08. The van der Waals surface area contributed by atoms with Gasteiger partial charge in [0.2, 0.25) is 0 Å². The highest BCUT2D eigenvalue weighted by Gasteiger charge is 2.06. The molecule has 0 atom stereocenters. The first-order valence-corrected chi connectivity index (χ1v) is 5.86. The average molecular weight is 214 g/mol. The topological polar surface area (TPSA) is 0 Å². The number of benzene rings is 1. The van der Waals surface area contributed by atoms with E-state index in [9.17, 15) is 0 Å². The van der Waals surface area contributed by atoms with E-state index in [2.05, 4.69) is 43.9 Å². The standard InChI is InChI=1S/C14H14S/c1-4-6-11-12-8-7-10(3)9-14(12)15-13(11)5-2/h4-9H,2H2,1,3H3/b6-4-. The van der Waals surface area contributed by atoms with Gasteiger partial charge >= 0.3 is 0 Å². The fourth-order valence-electron chi connectivity index (χ4n) is 1.73. The number of hydrogen-bond acceptors (Lipinski definition) is 1. The van der Waals surface area contributed by atoms with Crippen LogP contribution in [0.25, 0.3) is 22.2 Å². The molecule has 0 saturated heterocycles. The minimum atomic E-state index is 1.26. The summed E-state index contributed by atoms with van der Waals surface area (Å²) in [5.74, 6) is 0. The Morgan fingerprint density at radius 2 is 2.13 bits per heavy atom. The molecule has 0 bridgehead atoms. The Morgan fingerprint density at radius 3 is 2.80 bits per heavy atom. The highest BCUT2D eigenvalue weighted by molar-refractivity contribution is 7.20. The lowest BCUT2D eigenvalue weighted by Gasteiger charge is -1.94. The van der Waals surface area contributed by atoms with Crippen molar-refractivity contribution in [3.63, 3.8) is 0 Å². The lowest BCUT2D eigenvalue weighted by molar-refractivity contribution is 1.52. The predicted molar refractivity (Wildman–Crippen MR) is 71.4 cm³/mol. The van der Waals surface area contributed by atoms with Crippen molar-refractivity contribution in [2.24, 2.45) is 0 Å². The Balaban J connectivity index is 2.79. The summed E-state index contributed by atoms with van der Waals surface area (Å²) >= 11 is 1.81. The molecule has 76 valence electrons. The predicted octanol–water partition coefficient (Wildman–Crippen LogP) is 4.89. The second-order valence-corrected chi connectivity index (χ2v) is 4.67. The first kappa shape index (κ1) is 10.2. The van der Waals surface area contributed by atoms with Gasteiger partial charge < -0.3 is 0 Å². The summed E-state index contributed by atoms with van der Waals surface area (Å²) in [5.41, 5.74) is 2.61. The third-order valence-electron chi connectivity index (χ3n) is 2.43.